The van der Waals surface area contributed by atoms with Gasteiger partial charge in [-0.3, -0.25) is 9.48 Å². The lowest BCUT2D eigenvalue weighted by molar-refractivity contribution is -0.128. The van der Waals surface area contributed by atoms with Gasteiger partial charge in [-0.2, -0.15) is 5.10 Å². The number of aryl methyl sites for hydroxylation is 1. The molecule has 2 rings (SSSR count). The molecule has 5 nitrogen and oxygen atoms in total. The van der Waals surface area contributed by atoms with E-state index in [2.05, 4.69) is 10.4 Å². The summed E-state index contributed by atoms with van der Waals surface area (Å²) >= 11 is 0. The van der Waals surface area contributed by atoms with Gasteiger partial charge in [0.2, 0.25) is 5.91 Å². The minimum absolute atomic E-state index is 0.0118. The molecule has 0 aliphatic heterocycles. The summed E-state index contributed by atoms with van der Waals surface area (Å²) < 4.78 is 7.09. The average molecular weight is 261 g/mol. The molecule has 5 heteroatoms. The molecular weight excluding hydrogens is 242 g/mol. The zero-order valence-corrected chi connectivity index (χ0v) is 11.7. The van der Waals surface area contributed by atoms with Crippen molar-refractivity contribution in [3.8, 4) is 11.5 Å². The van der Waals surface area contributed by atoms with Crippen LogP contribution >= 0.6 is 0 Å². The molecule has 0 saturated carbocycles. The molecule has 19 heavy (non-hydrogen) atoms. The topological polar surface area (TPSA) is 60.1 Å². The summed E-state index contributed by atoms with van der Waals surface area (Å²) in [6.07, 6.45) is 1.63. The fourth-order valence-electron chi connectivity index (χ4n) is 1.70. The Morgan fingerprint density at radius 1 is 1.47 bits per heavy atom. The molecule has 2 heterocycles. The number of hydrogen-bond donors (Lipinski definition) is 1. The Morgan fingerprint density at radius 2 is 2.21 bits per heavy atom. The van der Waals surface area contributed by atoms with Crippen LogP contribution in [0.4, 0.5) is 0 Å². The predicted molar refractivity (Wildman–Crippen MR) is 72.2 cm³/mol. The Morgan fingerprint density at radius 3 is 2.79 bits per heavy atom. The van der Waals surface area contributed by atoms with Crippen LogP contribution in [0.3, 0.4) is 0 Å². The first kappa shape index (κ1) is 13.4. The van der Waals surface area contributed by atoms with Crippen LogP contribution < -0.4 is 5.32 Å². The van der Waals surface area contributed by atoms with Crippen molar-refractivity contribution in [2.45, 2.75) is 27.3 Å². The van der Waals surface area contributed by atoms with E-state index >= 15 is 0 Å². The van der Waals surface area contributed by atoms with Crippen molar-refractivity contribution >= 4 is 5.91 Å². The lowest BCUT2D eigenvalue weighted by Gasteiger charge is -2.16. The lowest BCUT2D eigenvalue weighted by atomic mass is 9.96. The highest BCUT2D eigenvalue weighted by molar-refractivity contribution is 5.81. The van der Waals surface area contributed by atoms with Crippen LogP contribution in [0.5, 0.6) is 0 Å². The van der Waals surface area contributed by atoms with Gasteiger partial charge in [0.05, 0.1) is 18.5 Å². The molecule has 1 amide bonds. The summed E-state index contributed by atoms with van der Waals surface area (Å²) in [5, 5.41) is 7.24. The third-order valence-electron chi connectivity index (χ3n) is 2.82. The monoisotopic (exact) mass is 261 g/mol. The summed E-state index contributed by atoms with van der Waals surface area (Å²) in [5.41, 5.74) is 1.31. The highest BCUT2D eigenvalue weighted by atomic mass is 16.3. The summed E-state index contributed by atoms with van der Waals surface area (Å²) in [6, 6.07) is 5.64. The third-order valence-corrected chi connectivity index (χ3v) is 2.82. The van der Waals surface area contributed by atoms with Gasteiger partial charge in [0.1, 0.15) is 5.69 Å². The summed E-state index contributed by atoms with van der Waals surface area (Å²) in [7, 11) is 1.85. The molecule has 0 atom stereocenters. The number of hydrogen-bond acceptors (Lipinski definition) is 3. The zero-order chi connectivity index (χ0) is 14.0. The standard InChI is InChI=1S/C14H19N3O2/c1-14(2,3)13(18)15-9-10-8-11(17(4)16-10)12-6-5-7-19-12/h5-8H,9H2,1-4H3,(H,15,18). The lowest BCUT2D eigenvalue weighted by Crippen LogP contribution is -2.34. The first-order chi connectivity index (χ1) is 8.88. The van der Waals surface area contributed by atoms with Gasteiger partial charge in [0.25, 0.3) is 0 Å². The van der Waals surface area contributed by atoms with Crippen LogP contribution in [-0.4, -0.2) is 15.7 Å². The molecule has 0 bridgehead atoms. The summed E-state index contributed by atoms with van der Waals surface area (Å²) in [4.78, 5) is 11.8. The van der Waals surface area contributed by atoms with Gasteiger partial charge in [-0.15, -0.1) is 0 Å². The van der Waals surface area contributed by atoms with Crippen LogP contribution in [0.1, 0.15) is 26.5 Å². The van der Waals surface area contributed by atoms with Crippen molar-refractivity contribution in [1.82, 2.24) is 15.1 Å². The van der Waals surface area contributed by atoms with E-state index in [4.69, 9.17) is 4.42 Å². The molecule has 0 saturated heterocycles. The molecule has 0 radical (unpaired) electrons. The maximum absolute atomic E-state index is 11.8. The van der Waals surface area contributed by atoms with Gasteiger partial charge >= 0.3 is 0 Å². The fraction of sp³-hybridized carbons (Fsp3) is 0.429. The number of carbonyl (C=O) groups is 1. The highest BCUT2D eigenvalue weighted by Crippen LogP contribution is 2.20. The molecule has 2 aromatic rings. The first-order valence-electron chi connectivity index (χ1n) is 6.23. The third kappa shape index (κ3) is 3.05. The Labute approximate surface area is 112 Å². The Balaban J connectivity index is 2.07. The van der Waals surface area contributed by atoms with Crippen molar-refractivity contribution in [3.05, 3.63) is 30.2 Å². The molecule has 0 aliphatic carbocycles. The molecular formula is C14H19N3O2. The molecule has 0 spiro atoms. The summed E-state index contributed by atoms with van der Waals surface area (Å²) in [6.45, 7) is 6.07. The maximum Gasteiger partial charge on any atom is 0.225 e. The first-order valence-corrected chi connectivity index (χ1v) is 6.23. The minimum Gasteiger partial charge on any atom is -0.463 e. The predicted octanol–water partition coefficient (Wildman–Crippen LogP) is 2.34. The van der Waals surface area contributed by atoms with Gasteiger partial charge in [-0.25, -0.2) is 0 Å². The molecule has 1 N–H and O–H groups in total. The normalized spacial score (nSPS) is 11.6. The number of aromatic nitrogens is 2. The number of nitrogens with zero attached hydrogens (tertiary/aromatic N) is 2. The van der Waals surface area contributed by atoms with Gasteiger partial charge in [0.15, 0.2) is 5.76 Å². The van der Waals surface area contributed by atoms with Crippen molar-refractivity contribution in [1.29, 1.82) is 0 Å². The number of carbonyl (C=O) groups excluding carboxylic acids is 1. The second-order valence-electron chi connectivity index (χ2n) is 5.55. The zero-order valence-electron chi connectivity index (χ0n) is 11.7. The number of nitrogens with one attached hydrogen (secondary N) is 1. The number of amides is 1. The molecule has 0 aromatic carbocycles. The van der Waals surface area contributed by atoms with Gasteiger partial charge < -0.3 is 9.73 Å². The van der Waals surface area contributed by atoms with Gasteiger partial charge in [0, 0.05) is 12.5 Å². The Hall–Kier alpha value is -2.04. The van der Waals surface area contributed by atoms with Crippen molar-refractivity contribution < 1.29 is 9.21 Å². The number of furan rings is 1. The van der Waals surface area contributed by atoms with E-state index in [-0.39, 0.29) is 5.91 Å². The van der Waals surface area contributed by atoms with Crippen molar-refractivity contribution in [2.24, 2.45) is 12.5 Å². The molecule has 0 aliphatic rings. The SMILES string of the molecule is Cn1nc(CNC(=O)C(C)(C)C)cc1-c1ccco1. The summed E-state index contributed by atoms with van der Waals surface area (Å²) in [5.74, 6) is 0.779. The maximum atomic E-state index is 11.8. The second kappa shape index (κ2) is 4.91. The molecule has 2 aromatic heterocycles. The van der Waals surface area contributed by atoms with E-state index in [9.17, 15) is 4.79 Å². The Bertz CT molecular complexity index is 562. The van der Waals surface area contributed by atoms with Crippen LogP contribution in [-0.2, 0) is 18.4 Å². The Kier molecular flexibility index (Phi) is 3.46. The number of rotatable bonds is 3. The quantitative estimate of drug-likeness (QED) is 0.922. The van der Waals surface area contributed by atoms with Gasteiger partial charge in [-0.05, 0) is 18.2 Å². The van der Waals surface area contributed by atoms with Crippen molar-refractivity contribution in [2.75, 3.05) is 0 Å². The van der Waals surface area contributed by atoms with E-state index in [0.717, 1.165) is 17.1 Å². The van der Waals surface area contributed by atoms with Crippen LogP contribution in [0.2, 0.25) is 0 Å². The minimum atomic E-state index is -0.390. The largest absolute Gasteiger partial charge is 0.463 e. The molecule has 0 unspecified atom stereocenters. The van der Waals surface area contributed by atoms with E-state index in [0.29, 0.717) is 6.54 Å². The van der Waals surface area contributed by atoms with Crippen LogP contribution in [0.25, 0.3) is 11.5 Å². The van der Waals surface area contributed by atoms with Crippen molar-refractivity contribution in [3.63, 3.8) is 0 Å². The van der Waals surface area contributed by atoms with Gasteiger partial charge in [-0.1, -0.05) is 20.8 Å². The van der Waals surface area contributed by atoms with E-state index in [1.807, 2.05) is 46.0 Å². The second-order valence-corrected chi connectivity index (χ2v) is 5.55. The molecule has 0 fully saturated rings. The van der Waals surface area contributed by atoms with Crippen LogP contribution in [0, 0.1) is 5.41 Å². The van der Waals surface area contributed by atoms with E-state index in [1.165, 1.54) is 0 Å². The molecule has 102 valence electrons. The van der Waals surface area contributed by atoms with Crippen LogP contribution in [0.15, 0.2) is 28.9 Å². The fourth-order valence-corrected chi connectivity index (χ4v) is 1.70. The average Bonchev–Trinajstić information content (AvgIpc) is 2.93. The smallest absolute Gasteiger partial charge is 0.225 e. The highest BCUT2D eigenvalue weighted by Gasteiger charge is 2.21. The van der Waals surface area contributed by atoms with E-state index in [1.54, 1.807) is 10.9 Å². The van der Waals surface area contributed by atoms with E-state index < -0.39 is 5.41 Å².